The van der Waals surface area contributed by atoms with Gasteiger partial charge in [-0.15, -0.1) is 0 Å². The highest BCUT2D eigenvalue weighted by Crippen LogP contribution is 2.16. The molecule has 0 atom stereocenters. The Morgan fingerprint density at radius 2 is 1.58 bits per heavy atom. The second-order valence-corrected chi connectivity index (χ2v) is 6.21. The van der Waals surface area contributed by atoms with Gasteiger partial charge in [0.25, 0.3) is 5.91 Å². The van der Waals surface area contributed by atoms with E-state index in [2.05, 4.69) is 15.1 Å². The molecule has 24 heavy (non-hydrogen) atoms. The lowest BCUT2D eigenvalue weighted by Gasteiger charge is -2.28. The molecule has 2 saturated heterocycles. The minimum Gasteiger partial charge on any atom is -0.379 e. The Bertz CT molecular complexity index is 509. The van der Waals surface area contributed by atoms with E-state index in [1.165, 1.54) is 0 Å². The zero-order valence-corrected chi connectivity index (χ0v) is 14.2. The van der Waals surface area contributed by atoms with Gasteiger partial charge in [0.15, 0.2) is 0 Å². The maximum Gasteiger partial charge on any atom is 0.251 e. The first-order valence-corrected chi connectivity index (χ1v) is 8.84. The highest BCUT2D eigenvalue weighted by atomic mass is 16.5. The molecule has 2 fully saturated rings. The topological polar surface area (TPSA) is 54.0 Å². The smallest absolute Gasteiger partial charge is 0.251 e. The first-order chi connectivity index (χ1) is 11.8. The summed E-state index contributed by atoms with van der Waals surface area (Å²) in [5.41, 5.74) is 1.88. The molecule has 0 bridgehead atoms. The fraction of sp³-hybridized carbons (Fsp3) is 0.611. The Labute approximate surface area is 143 Å². The summed E-state index contributed by atoms with van der Waals surface area (Å²) in [4.78, 5) is 16.9. The predicted octanol–water partition coefficient (Wildman–Crippen LogP) is 0.975. The Kier molecular flexibility index (Phi) is 6.46. The summed E-state index contributed by atoms with van der Waals surface area (Å²) in [6.07, 6.45) is 0.970. The van der Waals surface area contributed by atoms with Crippen LogP contribution < -0.4 is 10.2 Å². The molecule has 2 aliphatic rings. The number of hydrogen-bond donors (Lipinski definition) is 1. The van der Waals surface area contributed by atoms with E-state index in [4.69, 9.17) is 9.47 Å². The van der Waals surface area contributed by atoms with Crippen molar-refractivity contribution >= 4 is 11.6 Å². The van der Waals surface area contributed by atoms with Crippen molar-refractivity contribution in [3.63, 3.8) is 0 Å². The summed E-state index contributed by atoms with van der Waals surface area (Å²) in [7, 11) is 0. The Balaban J connectivity index is 1.39. The maximum atomic E-state index is 12.2. The molecule has 0 radical (unpaired) electrons. The van der Waals surface area contributed by atoms with Crippen LogP contribution in [0.25, 0.3) is 0 Å². The molecule has 0 spiro atoms. The molecular weight excluding hydrogens is 306 g/mol. The monoisotopic (exact) mass is 333 g/mol. The van der Waals surface area contributed by atoms with Crippen molar-refractivity contribution < 1.29 is 14.3 Å². The molecule has 1 amide bonds. The third-order valence-electron chi connectivity index (χ3n) is 4.55. The van der Waals surface area contributed by atoms with Gasteiger partial charge in [-0.25, -0.2) is 0 Å². The molecule has 2 heterocycles. The summed E-state index contributed by atoms with van der Waals surface area (Å²) in [6.45, 7) is 8.72. The summed E-state index contributed by atoms with van der Waals surface area (Å²) < 4.78 is 10.7. The molecule has 1 N–H and O–H groups in total. The lowest BCUT2D eigenvalue weighted by atomic mass is 10.1. The van der Waals surface area contributed by atoms with Crippen molar-refractivity contribution in [3.05, 3.63) is 29.8 Å². The second-order valence-electron chi connectivity index (χ2n) is 6.21. The van der Waals surface area contributed by atoms with Crippen LogP contribution in [0.3, 0.4) is 0 Å². The highest BCUT2D eigenvalue weighted by Gasteiger charge is 2.13. The lowest BCUT2D eigenvalue weighted by molar-refractivity contribution is 0.0374. The average molecular weight is 333 g/mol. The minimum absolute atomic E-state index is 0.00510. The minimum atomic E-state index is 0.00510. The number of nitrogens with one attached hydrogen (secondary N) is 1. The van der Waals surface area contributed by atoms with Crippen molar-refractivity contribution in [1.29, 1.82) is 0 Å². The molecule has 132 valence electrons. The van der Waals surface area contributed by atoms with Gasteiger partial charge < -0.3 is 19.7 Å². The lowest BCUT2D eigenvalue weighted by Crippen LogP contribution is -2.38. The summed E-state index contributed by atoms with van der Waals surface area (Å²) in [5.74, 6) is 0.00510. The van der Waals surface area contributed by atoms with Crippen molar-refractivity contribution in [1.82, 2.24) is 10.2 Å². The van der Waals surface area contributed by atoms with Gasteiger partial charge >= 0.3 is 0 Å². The van der Waals surface area contributed by atoms with E-state index in [9.17, 15) is 4.79 Å². The van der Waals surface area contributed by atoms with Crippen LogP contribution >= 0.6 is 0 Å². The summed E-state index contributed by atoms with van der Waals surface area (Å²) >= 11 is 0. The molecule has 3 rings (SSSR count). The maximum absolute atomic E-state index is 12.2. The second kappa shape index (κ2) is 9.01. The van der Waals surface area contributed by atoms with Crippen molar-refractivity contribution in [2.75, 3.05) is 70.6 Å². The zero-order chi connectivity index (χ0) is 16.6. The van der Waals surface area contributed by atoms with E-state index in [0.717, 1.165) is 76.8 Å². The molecule has 1 aromatic rings. The number of rotatable bonds is 6. The Morgan fingerprint density at radius 1 is 0.958 bits per heavy atom. The third kappa shape index (κ3) is 4.93. The molecule has 0 aromatic heterocycles. The standard InChI is InChI=1S/C18H27N3O3/c22-18(19-6-1-7-20-8-12-23-13-9-20)16-2-4-17(5-3-16)21-10-14-24-15-11-21/h2-5H,1,6-15H2,(H,19,22). The number of nitrogens with zero attached hydrogens (tertiary/aromatic N) is 2. The number of carbonyl (C=O) groups is 1. The van der Waals surface area contributed by atoms with Crippen LogP contribution in [0.15, 0.2) is 24.3 Å². The Hall–Kier alpha value is -1.63. The number of morpholine rings is 2. The highest BCUT2D eigenvalue weighted by molar-refractivity contribution is 5.94. The van der Waals surface area contributed by atoms with Gasteiger partial charge in [0.1, 0.15) is 0 Å². The molecule has 0 unspecified atom stereocenters. The van der Waals surface area contributed by atoms with Gasteiger partial charge in [0.2, 0.25) is 0 Å². The van der Waals surface area contributed by atoms with E-state index in [-0.39, 0.29) is 5.91 Å². The van der Waals surface area contributed by atoms with Crippen molar-refractivity contribution in [3.8, 4) is 0 Å². The van der Waals surface area contributed by atoms with Crippen LogP contribution in [0.5, 0.6) is 0 Å². The van der Waals surface area contributed by atoms with E-state index in [1.807, 2.05) is 24.3 Å². The Morgan fingerprint density at radius 3 is 2.25 bits per heavy atom. The fourth-order valence-corrected chi connectivity index (χ4v) is 3.08. The quantitative estimate of drug-likeness (QED) is 0.787. The van der Waals surface area contributed by atoms with Gasteiger partial charge in [-0.2, -0.15) is 0 Å². The molecule has 2 aliphatic heterocycles. The molecule has 1 aromatic carbocycles. The molecule has 6 heteroatoms. The largest absolute Gasteiger partial charge is 0.379 e. The van der Waals surface area contributed by atoms with Gasteiger partial charge in [-0.3, -0.25) is 9.69 Å². The van der Waals surface area contributed by atoms with Gasteiger partial charge in [-0.05, 0) is 37.2 Å². The third-order valence-corrected chi connectivity index (χ3v) is 4.55. The first kappa shape index (κ1) is 17.2. The molecule has 0 aliphatic carbocycles. The van der Waals surface area contributed by atoms with Crippen LogP contribution in [0.2, 0.25) is 0 Å². The van der Waals surface area contributed by atoms with Crippen molar-refractivity contribution in [2.45, 2.75) is 6.42 Å². The summed E-state index contributed by atoms with van der Waals surface area (Å²) in [5, 5.41) is 3.01. The van der Waals surface area contributed by atoms with E-state index in [1.54, 1.807) is 0 Å². The predicted molar refractivity (Wildman–Crippen MR) is 93.7 cm³/mol. The zero-order valence-electron chi connectivity index (χ0n) is 14.2. The molecule has 0 saturated carbocycles. The van der Waals surface area contributed by atoms with Gasteiger partial charge in [-0.1, -0.05) is 0 Å². The van der Waals surface area contributed by atoms with Crippen LogP contribution in [-0.2, 0) is 9.47 Å². The first-order valence-electron chi connectivity index (χ1n) is 8.84. The SMILES string of the molecule is O=C(NCCCN1CCOCC1)c1ccc(N2CCOCC2)cc1. The summed E-state index contributed by atoms with van der Waals surface area (Å²) in [6, 6.07) is 7.85. The van der Waals surface area contributed by atoms with Crippen molar-refractivity contribution in [2.24, 2.45) is 0 Å². The molecule has 6 nitrogen and oxygen atoms in total. The number of amides is 1. The average Bonchev–Trinajstić information content (AvgIpc) is 2.67. The van der Waals surface area contributed by atoms with Crippen LogP contribution in [0.4, 0.5) is 5.69 Å². The van der Waals surface area contributed by atoms with Crippen LogP contribution in [0, 0.1) is 0 Å². The molecular formula is C18H27N3O3. The number of ether oxygens (including phenoxy) is 2. The van der Waals surface area contributed by atoms with E-state index in [0.29, 0.717) is 6.54 Å². The number of carbonyl (C=O) groups excluding carboxylic acids is 1. The normalized spacial score (nSPS) is 19.2. The number of benzene rings is 1. The number of anilines is 1. The van der Waals surface area contributed by atoms with E-state index < -0.39 is 0 Å². The van der Waals surface area contributed by atoms with Gasteiger partial charge in [0.05, 0.1) is 26.4 Å². The fourth-order valence-electron chi connectivity index (χ4n) is 3.08. The number of hydrogen-bond acceptors (Lipinski definition) is 5. The van der Waals surface area contributed by atoms with Crippen LogP contribution in [-0.4, -0.2) is 76.5 Å². The van der Waals surface area contributed by atoms with Crippen LogP contribution in [0.1, 0.15) is 16.8 Å². The van der Waals surface area contributed by atoms with Gasteiger partial charge in [0, 0.05) is 44.0 Å². The van der Waals surface area contributed by atoms with E-state index >= 15 is 0 Å².